The number of hydrogen-bond acceptors (Lipinski definition) is 3. The summed E-state index contributed by atoms with van der Waals surface area (Å²) in [5, 5.41) is 12.4. The van der Waals surface area contributed by atoms with E-state index in [1.165, 1.54) is 0 Å². The third kappa shape index (κ3) is 2.85. The number of halogens is 2. The van der Waals surface area contributed by atoms with Crippen LogP contribution < -0.4 is 5.32 Å². The van der Waals surface area contributed by atoms with Gasteiger partial charge in [0.15, 0.2) is 11.5 Å². The van der Waals surface area contributed by atoms with Crippen molar-refractivity contribution < 1.29 is 0 Å². The Morgan fingerprint density at radius 1 is 1.15 bits per heavy atom. The molecule has 0 spiro atoms. The molecule has 2 heterocycles. The van der Waals surface area contributed by atoms with Crippen LogP contribution in [0.25, 0.3) is 5.65 Å². The van der Waals surface area contributed by atoms with Gasteiger partial charge in [0.25, 0.3) is 0 Å². The molecule has 6 heteroatoms. The number of fused-ring (bicyclic) bond motifs is 1. The molecule has 2 aromatic heterocycles. The Morgan fingerprint density at radius 2 is 2.05 bits per heavy atom. The van der Waals surface area contributed by atoms with E-state index in [1.54, 1.807) is 0 Å². The van der Waals surface area contributed by atoms with Crippen LogP contribution in [0.4, 0.5) is 0 Å². The zero-order chi connectivity index (χ0) is 13.9. The minimum absolute atomic E-state index is 0.652. The monoisotopic (exact) mass is 350 g/mol. The number of hydrogen-bond donors (Lipinski definition) is 1. The summed E-state index contributed by atoms with van der Waals surface area (Å²) < 4.78 is 2.88. The second kappa shape index (κ2) is 5.91. The fourth-order valence-corrected chi connectivity index (χ4v) is 2.43. The maximum Gasteiger partial charge on any atom is 0.160 e. The van der Waals surface area contributed by atoms with Gasteiger partial charge in [0.2, 0.25) is 0 Å². The first-order valence-corrected chi connectivity index (χ1v) is 7.34. The summed E-state index contributed by atoms with van der Waals surface area (Å²) in [6.45, 7) is 1.38. The van der Waals surface area contributed by atoms with E-state index in [2.05, 4.69) is 31.4 Å². The minimum Gasteiger partial charge on any atom is -0.306 e. The number of nitrogens with zero attached hydrogens (tertiary/aromatic N) is 3. The molecule has 0 unspecified atom stereocenters. The maximum atomic E-state index is 6.07. The smallest absolute Gasteiger partial charge is 0.160 e. The molecule has 3 rings (SSSR count). The predicted molar refractivity (Wildman–Crippen MR) is 82.7 cm³/mol. The lowest BCUT2D eigenvalue weighted by Crippen LogP contribution is -2.14. The molecule has 4 nitrogen and oxygen atoms in total. The van der Waals surface area contributed by atoms with Crippen molar-refractivity contribution in [2.24, 2.45) is 0 Å². The number of nitrogens with one attached hydrogen (secondary N) is 1. The number of benzene rings is 1. The quantitative estimate of drug-likeness (QED) is 0.783. The molecule has 0 aliphatic carbocycles. The van der Waals surface area contributed by atoms with E-state index in [0.717, 1.165) is 33.1 Å². The molecule has 102 valence electrons. The Morgan fingerprint density at radius 3 is 2.90 bits per heavy atom. The third-order valence-corrected chi connectivity index (χ3v) is 4.21. The van der Waals surface area contributed by atoms with Crippen molar-refractivity contribution in [2.75, 3.05) is 0 Å². The van der Waals surface area contributed by atoms with Gasteiger partial charge in [-0.15, -0.1) is 10.2 Å². The molecule has 0 saturated carbocycles. The fourth-order valence-electron chi connectivity index (χ4n) is 1.98. The van der Waals surface area contributed by atoms with Crippen LogP contribution in [-0.2, 0) is 13.1 Å². The van der Waals surface area contributed by atoms with Gasteiger partial charge in [-0.25, -0.2) is 0 Å². The van der Waals surface area contributed by atoms with E-state index in [9.17, 15) is 0 Å². The summed E-state index contributed by atoms with van der Waals surface area (Å²) >= 11 is 9.45. The molecule has 0 radical (unpaired) electrons. The average molecular weight is 352 g/mol. The van der Waals surface area contributed by atoms with Crippen molar-refractivity contribution >= 4 is 33.2 Å². The van der Waals surface area contributed by atoms with Crippen molar-refractivity contribution in [3.8, 4) is 0 Å². The summed E-state index contributed by atoms with van der Waals surface area (Å²) in [6, 6.07) is 11.8. The van der Waals surface area contributed by atoms with Crippen molar-refractivity contribution in [3.63, 3.8) is 0 Å². The van der Waals surface area contributed by atoms with Crippen LogP contribution in [-0.4, -0.2) is 14.6 Å². The predicted octanol–water partition coefficient (Wildman–Crippen LogP) is 3.44. The minimum atomic E-state index is 0.652. The van der Waals surface area contributed by atoms with Crippen LogP contribution in [0.1, 0.15) is 11.4 Å². The normalized spacial score (nSPS) is 11.1. The van der Waals surface area contributed by atoms with Crippen LogP contribution in [0.2, 0.25) is 5.02 Å². The van der Waals surface area contributed by atoms with Gasteiger partial charge >= 0.3 is 0 Å². The molecule has 0 saturated heterocycles. The lowest BCUT2D eigenvalue weighted by molar-refractivity contribution is 0.657. The van der Waals surface area contributed by atoms with Gasteiger partial charge in [0, 0.05) is 17.2 Å². The summed E-state index contributed by atoms with van der Waals surface area (Å²) in [6.07, 6.45) is 1.96. The molecule has 0 aliphatic rings. The molecule has 1 N–H and O–H groups in total. The Bertz CT molecular complexity index is 741. The third-order valence-electron chi connectivity index (χ3n) is 2.98. The highest BCUT2D eigenvalue weighted by Crippen LogP contribution is 2.23. The van der Waals surface area contributed by atoms with Gasteiger partial charge in [-0.05, 0) is 45.8 Å². The van der Waals surface area contributed by atoms with Crippen LogP contribution in [0.5, 0.6) is 0 Å². The Hall–Kier alpha value is -1.43. The summed E-state index contributed by atoms with van der Waals surface area (Å²) in [4.78, 5) is 0. The molecule has 0 aliphatic heterocycles. The van der Waals surface area contributed by atoms with Gasteiger partial charge in [0.1, 0.15) is 0 Å². The lowest BCUT2D eigenvalue weighted by Gasteiger charge is -2.05. The first kappa shape index (κ1) is 13.5. The van der Waals surface area contributed by atoms with E-state index >= 15 is 0 Å². The first-order chi connectivity index (χ1) is 9.74. The number of aromatic nitrogens is 3. The van der Waals surface area contributed by atoms with E-state index in [0.29, 0.717) is 6.54 Å². The standard InChI is InChI=1S/C14H12BrClN4/c15-11-5-4-10(7-12(11)16)8-17-9-14-19-18-13-3-1-2-6-20(13)14/h1-7,17H,8-9H2. The molecular formula is C14H12BrClN4. The molecule has 0 atom stereocenters. The molecule has 20 heavy (non-hydrogen) atoms. The zero-order valence-electron chi connectivity index (χ0n) is 10.6. The highest BCUT2D eigenvalue weighted by molar-refractivity contribution is 9.10. The molecular weight excluding hydrogens is 340 g/mol. The Labute approximate surface area is 129 Å². The fraction of sp³-hybridized carbons (Fsp3) is 0.143. The van der Waals surface area contributed by atoms with E-state index in [-0.39, 0.29) is 0 Å². The second-order valence-electron chi connectivity index (χ2n) is 4.40. The Balaban J connectivity index is 1.66. The lowest BCUT2D eigenvalue weighted by atomic mass is 10.2. The van der Waals surface area contributed by atoms with E-state index in [1.807, 2.05) is 47.0 Å². The largest absolute Gasteiger partial charge is 0.306 e. The van der Waals surface area contributed by atoms with Gasteiger partial charge in [-0.2, -0.15) is 0 Å². The van der Waals surface area contributed by atoms with E-state index in [4.69, 9.17) is 11.6 Å². The van der Waals surface area contributed by atoms with Crippen LogP contribution in [0, 0.1) is 0 Å². The molecule has 0 amide bonds. The van der Waals surface area contributed by atoms with Gasteiger partial charge < -0.3 is 5.32 Å². The SMILES string of the molecule is Clc1cc(CNCc2nnc3ccccn23)ccc1Br. The second-order valence-corrected chi connectivity index (χ2v) is 5.66. The van der Waals surface area contributed by atoms with Crippen LogP contribution in [0.15, 0.2) is 47.1 Å². The first-order valence-electron chi connectivity index (χ1n) is 6.17. The summed E-state index contributed by atoms with van der Waals surface area (Å²) in [5.41, 5.74) is 1.99. The summed E-state index contributed by atoms with van der Waals surface area (Å²) in [5.74, 6) is 0.892. The van der Waals surface area contributed by atoms with Crippen molar-refractivity contribution in [2.45, 2.75) is 13.1 Å². The molecule has 1 aromatic carbocycles. The van der Waals surface area contributed by atoms with Crippen LogP contribution in [0.3, 0.4) is 0 Å². The highest BCUT2D eigenvalue weighted by Gasteiger charge is 2.04. The molecule has 0 bridgehead atoms. The van der Waals surface area contributed by atoms with Crippen molar-refractivity contribution in [1.82, 2.24) is 19.9 Å². The maximum absolute atomic E-state index is 6.07. The number of pyridine rings is 1. The van der Waals surface area contributed by atoms with Gasteiger partial charge in [0.05, 0.1) is 11.6 Å². The zero-order valence-corrected chi connectivity index (χ0v) is 12.9. The Kier molecular flexibility index (Phi) is 4.00. The summed E-state index contributed by atoms with van der Waals surface area (Å²) in [7, 11) is 0. The van der Waals surface area contributed by atoms with Gasteiger partial charge in [-0.1, -0.05) is 23.7 Å². The van der Waals surface area contributed by atoms with Crippen molar-refractivity contribution in [3.05, 3.63) is 63.5 Å². The number of rotatable bonds is 4. The topological polar surface area (TPSA) is 42.2 Å². The average Bonchev–Trinajstić information content (AvgIpc) is 2.86. The van der Waals surface area contributed by atoms with Crippen molar-refractivity contribution in [1.29, 1.82) is 0 Å². The van der Waals surface area contributed by atoms with Gasteiger partial charge in [-0.3, -0.25) is 4.40 Å². The molecule has 3 aromatic rings. The van der Waals surface area contributed by atoms with E-state index < -0.39 is 0 Å². The highest BCUT2D eigenvalue weighted by atomic mass is 79.9. The van der Waals surface area contributed by atoms with Crippen LogP contribution >= 0.6 is 27.5 Å². The molecule has 0 fully saturated rings.